The smallest absolute Gasteiger partial charge is 0.410 e. The average Bonchev–Trinajstić information content (AvgIpc) is 3.60. The molecular weight excluding hydrogens is 816 g/mol. The molecule has 0 radical (unpaired) electrons. The van der Waals surface area contributed by atoms with Crippen molar-refractivity contribution in [1.29, 1.82) is 0 Å². The lowest BCUT2D eigenvalue weighted by molar-refractivity contribution is -0.165. The Bertz CT molecular complexity index is 2200. The number of pyridine rings is 1. The number of benzene rings is 3. The van der Waals surface area contributed by atoms with Crippen molar-refractivity contribution >= 4 is 43.3 Å². The first-order valence-corrected chi connectivity index (χ1v) is 24.7. The Hall–Kier alpha value is -4.13. The van der Waals surface area contributed by atoms with Gasteiger partial charge in [0, 0.05) is 58.9 Å². The molecule has 10 nitrogen and oxygen atoms in total. The van der Waals surface area contributed by atoms with Crippen LogP contribution in [0, 0.1) is 0 Å². The van der Waals surface area contributed by atoms with Crippen LogP contribution in [0.5, 0.6) is 11.6 Å². The molecule has 60 heavy (non-hydrogen) atoms. The zero-order valence-corrected chi connectivity index (χ0v) is 39.3. The van der Waals surface area contributed by atoms with Crippen LogP contribution in [0.2, 0.25) is 34.2 Å². The maximum Gasteiger partial charge on any atom is 0.410 e. The van der Waals surface area contributed by atoms with Gasteiger partial charge in [0.15, 0.2) is 0 Å². The van der Waals surface area contributed by atoms with Gasteiger partial charge < -0.3 is 24.4 Å². The number of hydrogen-bond donors (Lipinski definition) is 1. The second-order valence-corrected chi connectivity index (χ2v) is 25.0. The molecule has 2 aliphatic heterocycles. The molecule has 0 aliphatic carbocycles. The van der Waals surface area contributed by atoms with E-state index >= 15 is 0 Å². The SMILES string of the molecule is COc1cc(-c2cccc(-c3cccc(-c4ccc(CN(C[C@@H]5CCC(=O)N5)C(=O)OC(C)(C)C)c(OC)n4)c3Cl)c2Cl)cc2c1CN(OCC[Si](C)(C)C(C)(C)C)CC2. The molecule has 3 heterocycles. The van der Waals surface area contributed by atoms with Crippen LogP contribution in [0.15, 0.2) is 60.7 Å². The molecule has 4 aromatic rings. The minimum atomic E-state index is -1.44. The molecule has 13 heteroatoms. The van der Waals surface area contributed by atoms with Crippen LogP contribution >= 0.6 is 23.2 Å². The molecule has 6 rings (SSSR count). The number of halogens is 2. The van der Waals surface area contributed by atoms with Crippen LogP contribution in [0.25, 0.3) is 33.5 Å². The fourth-order valence-electron chi connectivity index (χ4n) is 7.49. The highest BCUT2D eigenvalue weighted by Gasteiger charge is 2.35. The lowest BCUT2D eigenvalue weighted by Crippen LogP contribution is -2.43. The van der Waals surface area contributed by atoms with Crippen molar-refractivity contribution in [1.82, 2.24) is 20.3 Å². The lowest BCUT2D eigenvalue weighted by Gasteiger charge is -2.37. The van der Waals surface area contributed by atoms with E-state index in [1.807, 2.05) is 69.3 Å². The summed E-state index contributed by atoms with van der Waals surface area (Å²) in [7, 11) is 1.82. The summed E-state index contributed by atoms with van der Waals surface area (Å²) in [6.07, 6.45) is 1.42. The predicted octanol–water partition coefficient (Wildman–Crippen LogP) is 11.2. The Morgan fingerprint density at radius 3 is 2.20 bits per heavy atom. The molecule has 0 saturated carbocycles. The van der Waals surface area contributed by atoms with Gasteiger partial charge in [-0.3, -0.25) is 9.63 Å². The lowest BCUT2D eigenvalue weighted by atomic mass is 9.92. The van der Waals surface area contributed by atoms with E-state index in [1.54, 1.807) is 19.1 Å². The van der Waals surface area contributed by atoms with Crippen molar-refractivity contribution in [2.24, 2.45) is 0 Å². The van der Waals surface area contributed by atoms with Gasteiger partial charge in [-0.25, -0.2) is 9.78 Å². The molecule has 0 bridgehead atoms. The second kappa shape index (κ2) is 18.5. The average molecular weight is 876 g/mol. The second-order valence-electron chi connectivity index (χ2n) is 18.5. The zero-order valence-electron chi connectivity index (χ0n) is 36.8. The van der Waals surface area contributed by atoms with Gasteiger partial charge in [0.25, 0.3) is 0 Å². The van der Waals surface area contributed by atoms with Crippen LogP contribution in [0.3, 0.4) is 0 Å². The molecule has 1 atom stereocenters. The van der Waals surface area contributed by atoms with E-state index in [-0.39, 0.29) is 18.5 Å². The number of nitrogens with zero attached hydrogens (tertiary/aromatic N) is 3. The molecule has 3 aromatic carbocycles. The number of hydroxylamine groups is 2. The van der Waals surface area contributed by atoms with E-state index in [0.717, 1.165) is 59.2 Å². The number of fused-ring (bicyclic) bond motifs is 1. The van der Waals surface area contributed by atoms with Crippen molar-refractivity contribution in [2.45, 2.75) is 110 Å². The minimum absolute atomic E-state index is 0.0239. The van der Waals surface area contributed by atoms with Gasteiger partial charge in [0.05, 0.1) is 57.7 Å². The van der Waals surface area contributed by atoms with Crippen molar-refractivity contribution in [3.05, 3.63) is 87.4 Å². The van der Waals surface area contributed by atoms with Gasteiger partial charge in [-0.1, -0.05) is 99.5 Å². The number of ether oxygens (including phenoxy) is 3. The van der Waals surface area contributed by atoms with Crippen molar-refractivity contribution in [3.63, 3.8) is 0 Å². The summed E-state index contributed by atoms with van der Waals surface area (Å²) in [4.78, 5) is 38.1. The Labute approximate surface area is 366 Å². The third kappa shape index (κ3) is 10.5. The number of amides is 2. The summed E-state index contributed by atoms with van der Waals surface area (Å²) in [5.41, 5.74) is 7.03. The van der Waals surface area contributed by atoms with Gasteiger partial charge in [-0.2, -0.15) is 5.06 Å². The Morgan fingerprint density at radius 1 is 0.917 bits per heavy atom. The molecule has 0 spiro atoms. The summed E-state index contributed by atoms with van der Waals surface area (Å²) >= 11 is 14.5. The highest BCUT2D eigenvalue weighted by Crippen LogP contribution is 2.44. The number of carbonyl (C=O) groups is 2. The number of carbonyl (C=O) groups excluding carboxylic acids is 2. The van der Waals surface area contributed by atoms with E-state index in [9.17, 15) is 9.59 Å². The normalized spacial score (nSPS) is 16.0. The van der Waals surface area contributed by atoms with E-state index in [4.69, 9.17) is 47.2 Å². The monoisotopic (exact) mass is 874 g/mol. The standard InChI is InChI=1S/C47H60Cl2N4O6Si/c1-46(2,3)59-45(55)52(28-33-18-20-41(54)50-33)27-31-17-19-39(51-44(31)57-8)37-16-12-15-36(43(37)49)35-14-11-13-34(42(35)48)32-25-30-21-22-53(29-38(30)40(26-32)56-7)58-23-24-60(9,10)47(4,5)6/h11-17,19,25-26,33H,18,20-24,27-29H2,1-10H3,(H,50,54)/t33-/m0/s1. The first-order chi connectivity index (χ1) is 28.3. The summed E-state index contributed by atoms with van der Waals surface area (Å²) in [6.45, 7) is 20.0. The number of rotatable bonds is 13. The van der Waals surface area contributed by atoms with Crippen molar-refractivity contribution < 1.29 is 28.6 Å². The third-order valence-electron chi connectivity index (χ3n) is 12.1. The van der Waals surface area contributed by atoms with Gasteiger partial charge in [-0.15, -0.1) is 0 Å². The van der Waals surface area contributed by atoms with Crippen LogP contribution < -0.4 is 14.8 Å². The Morgan fingerprint density at radius 2 is 1.58 bits per heavy atom. The first-order valence-electron chi connectivity index (χ1n) is 20.8. The van der Waals surface area contributed by atoms with Crippen molar-refractivity contribution in [3.8, 4) is 45.1 Å². The molecule has 1 N–H and O–H groups in total. The summed E-state index contributed by atoms with van der Waals surface area (Å²) < 4.78 is 17.5. The fraction of sp³-hybridized carbons (Fsp3) is 0.468. The quantitative estimate of drug-likeness (QED) is 0.133. The number of nitrogens with one attached hydrogen (secondary N) is 1. The molecule has 322 valence electrons. The van der Waals surface area contributed by atoms with E-state index in [2.05, 4.69) is 56.4 Å². The molecule has 2 aliphatic rings. The molecule has 1 saturated heterocycles. The number of aromatic nitrogens is 1. The zero-order chi connectivity index (χ0) is 43.6. The summed E-state index contributed by atoms with van der Waals surface area (Å²) in [5, 5.41) is 6.42. The highest BCUT2D eigenvalue weighted by atomic mass is 35.5. The largest absolute Gasteiger partial charge is 0.496 e. The van der Waals surface area contributed by atoms with E-state index in [0.29, 0.717) is 63.7 Å². The molecular formula is C47H60Cl2N4O6Si. The van der Waals surface area contributed by atoms with E-state index in [1.165, 1.54) is 5.56 Å². The van der Waals surface area contributed by atoms with Crippen LogP contribution in [0.1, 0.15) is 71.1 Å². The van der Waals surface area contributed by atoms with Crippen molar-refractivity contribution in [2.75, 3.05) is 33.9 Å². The number of hydrogen-bond acceptors (Lipinski definition) is 8. The van der Waals surface area contributed by atoms with Crippen LogP contribution in [-0.4, -0.2) is 80.6 Å². The summed E-state index contributed by atoms with van der Waals surface area (Å²) in [5.74, 6) is 1.13. The predicted molar refractivity (Wildman–Crippen MR) is 244 cm³/mol. The van der Waals surface area contributed by atoms with Gasteiger partial charge in [0.1, 0.15) is 11.4 Å². The fourth-order valence-corrected chi connectivity index (χ4v) is 9.51. The molecule has 1 fully saturated rings. The molecule has 2 amide bonds. The maximum absolute atomic E-state index is 13.4. The molecule has 1 aromatic heterocycles. The summed E-state index contributed by atoms with van der Waals surface area (Å²) in [6, 6.07) is 20.8. The number of methoxy groups -OCH3 is 2. The highest BCUT2D eigenvalue weighted by molar-refractivity contribution is 6.80. The van der Waals surface area contributed by atoms with E-state index < -0.39 is 19.8 Å². The van der Waals surface area contributed by atoms with Gasteiger partial charge in [0.2, 0.25) is 11.8 Å². The third-order valence-corrected chi connectivity index (χ3v) is 18.4. The van der Waals surface area contributed by atoms with Crippen LogP contribution in [-0.2, 0) is 33.9 Å². The maximum atomic E-state index is 13.4. The van der Waals surface area contributed by atoms with Gasteiger partial charge >= 0.3 is 6.09 Å². The van der Waals surface area contributed by atoms with Gasteiger partial charge in [-0.05, 0) is 74.0 Å². The Balaban J connectivity index is 1.24. The van der Waals surface area contributed by atoms with Crippen LogP contribution in [0.4, 0.5) is 4.79 Å². The Kier molecular flexibility index (Phi) is 14.0. The topological polar surface area (TPSA) is 102 Å². The molecule has 0 unspecified atom stereocenters. The first kappa shape index (κ1) is 45.4. The minimum Gasteiger partial charge on any atom is -0.496 e.